The van der Waals surface area contributed by atoms with Crippen LogP contribution in [0.15, 0.2) is 52.4 Å². The van der Waals surface area contributed by atoms with Gasteiger partial charge in [-0.1, -0.05) is 41.6 Å². The molecule has 30 heavy (non-hydrogen) atoms. The molecule has 7 nitrogen and oxygen atoms in total. The number of likely N-dealkylation sites (tertiary alicyclic amines) is 1. The molecule has 0 spiro atoms. The highest BCUT2D eigenvalue weighted by Gasteiger charge is 2.32. The largest absolute Gasteiger partial charge is 0.341 e. The van der Waals surface area contributed by atoms with E-state index in [0.29, 0.717) is 36.1 Å². The first-order chi connectivity index (χ1) is 14.6. The fourth-order valence-electron chi connectivity index (χ4n) is 3.73. The van der Waals surface area contributed by atoms with Gasteiger partial charge in [-0.3, -0.25) is 9.59 Å². The number of nitrogens with zero attached hydrogens (tertiary/aromatic N) is 3. The van der Waals surface area contributed by atoms with Gasteiger partial charge in [-0.15, -0.1) is 11.3 Å². The second-order valence-corrected chi connectivity index (χ2v) is 8.42. The Morgan fingerprint density at radius 3 is 2.60 bits per heavy atom. The van der Waals surface area contributed by atoms with Crippen molar-refractivity contribution in [3.05, 3.63) is 70.0 Å². The Balaban J connectivity index is 1.44. The summed E-state index contributed by atoms with van der Waals surface area (Å²) in [6.45, 7) is 3.01. The number of carbonyl (C=O) groups is 2. The molecule has 1 fully saturated rings. The number of benzene rings is 1. The third-order valence-electron chi connectivity index (χ3n) is 5.33. The van der Waals surface area contributed by atoms with Gasteiger partial charge in [-0.2, -0.15) is 4.98 Å². The number of nitrogens with one attached hydrogen (secondary N) is 1. The fourth-order valence-corrected chi connectivity index (χ4v) is 4.36. The monoisotopic (exact) mass is 424 g/mol. The molecule has 2 amide bonds. The van der Waals surface area contributed by atoms with E-state index in [2.05, 4.69) is 15.5 Å². The molecule has 0 saturated carbocycles. The molecule has 1 atom stereocenters. The normalized spacial score (nSPS) is 15.7. The van der Waals surface area contributed by atoms with Crippen molar-refractivity contribution >= 4 is 23.2 Å². The van der Waals surface area contributed by atoms with Crippen LogP contribution in [0.3, 0.4) is 0 Å². The molecule has 156 valence electrons. The molecule has 3 heterocycles. The molecule has 0 bridgehead atoms. The van der Waals surface area contributed by atoms with E-state index in [1.165, 1.54) is 11.3 Å². The molecule has 0 radical (unpaired) electrons. The van der Waals surface area contributed by atoms with Crippen molar-refractivity contribution in [2.75, 3.05) is 13.1 Å². The number of thiophene rings is 1. The number of hydrogen-bond donors (Lipinski definition) is 1. The van der Waals surface area contributed by atoms with Crippen molar-refractivity contribution in [3.63, 3.8) is 0 Å². The van der Waals surface area contributed by atoms with Gasteiger partial charge in [0.25, 0.3) is 5.91 Å². The van der Waals surface area contributed by atoms with E-state index in [9.17, 15) is 9.59 Å². The van der Waals surface area contributed by atoms with Gasteiger partial charge >= 0.3 is 0 Å². The van der Waals surface area contributed by atoms with E-state index in [-0.39, 0.29) is 17.7 Å². The van der Waals surface area contributed by atoms with Gasteiger partial charge in [0.2, 0.25) is 11.8 Å². The number of hydrogen-bond acceptors (Lipinski definition) is 6. The van der Waals surface area contributed by atoms with Gasteiger partial charge in [0.1, 0.15) is 6.04 Å². The van der Waals surface area contributed by atoms with Crippen molar-refractivity contribution in [2.24, 2.45) is 0 Å². The maximum atomic E-state index is 13.3. The van der Waals surface area contributed by atoms with Crippen LogP contribution < -0.4 is 5.32 Å². The Bertz CT molecular complexity index is 979. The lowest BCUT2D eigenvalue weighted by atomic mass is 9.95. The summed E-state index contributed by atoms with van der Waals surface area (Å²) in [7, 11) is 0. The second kappa shape index (κ2) is 9.21. The average Bonchev–Trinajstić information content (AvgIpc) is 3.46. The molecule has 4 rings (SSSR count). The van der Waals surface area contributed by atoms with Crippen LogP contribution in [0.2, 0.25) is 0 Å². The van der Waals surface area contributed by atoms with Gasteiger partial charge in [-0.05, 0) is 36.8 Å². The summed E-state index contributed by atoms with van der Waals surface area (Å²) in [5.74, 6) is 1.18. The molecule has 1 saturated heterocycles. The van der Waals surface area contributed by atoms with Crippen LogP contribution in [-0.4, -0.2) is 46.0 Å². The van der Waals surface area contributed by atoms with Gasteiger partial charge in [0.15, 0.2) is 5.82 Å². The van der Waals surface area contributed by atoms with Crippen molar-refractivity contribution in [1.29, 1.82) is 0 Å². The smallest absolute Gasteiger partial charge is 0.262 e. The summed E-state index contributed by atoms with van der Waals surface area (Å²) < 4.78 is 5.30. The molecule has 1 unspecified atom stereocenters. The summed E-state index contributed by atoms with van der Waals surface area (Å²) in [6.07, 6.45) is 1.99. The highest BCUT2D eigenvalue weighted by Crippen LogP contribution is 2.27. The maximum Gasteiger partial charge on any atom is 0.262 e. The van der Waals surface area contributed by atoms with Crippen LogP contribution in [0.5, 0.6) is 0 Å². The van der Waals surface area contributed by atoms with Gasteiger partial charge < -0.3 is 14.7 Å². The van der Waals surface area contributed by atoms with Gasteiger partial charge in [0, 0.05) is 25.4 Å². The van der Waals surface area contributed by atoms with E-state index >= 15 is 0 Å². The predicted molar refractivity (Wildman–Crippen MR) is 113 cm³/mol. The SMILES string of the molecule is Cc1noc(C2CCN(C(=O)C(Cc3ccccc3)NC(=O)c3cccs3)CC2)n1. The van der Waals surface area contributed by atoms with Crippen molar-refractivity contribution in [3.8, 4) is 0 Å². The molecular formula is C22H24N4O3S. The summed E-state index contributed by atoms with van der Waals surface area (Å²) in [5.41, 5.74) is 1.01. The number of aryl methyl sites for hydroxylation is 1. The summed E-state index contributed by atoms with van der Waals surface area (Å²) >= 11 is 1.37. The minimum Gasteiger partial charge on any atom is -0.341 e. The third kappa shape index (κ3) is 4.76. The second-order valence-electron chi connectivity index (χ2n) is 7.47. The molecule has 2 aromatic heterocycles. The highest BCUT2D eigenvalue weighted by molar-refractivity contribution is 7.12. The molecule has 1 N–H and O–H groups in total. The quantitative estimate of drug-likeness (QED) is 0.657. The Morgan fingerprint density at radius 1 is 1.20 bits per heavy atom. The van der Waals surface area contributed by atoms with Crippen molar-refractivity contribution in [2.45, 2.75) is 38.1 Å². The van der Waals surface area contributed by atoms with E-state index in [0.717, 1.165) is 18.4 Å². The number of piperidine rings is 1. The van der Waals surface area contributed by atoms with Crippen LogP contribution in [0.4, 0.5) is 0 Å². The van der Waals surface area contributed by atoms with E-state index < -0.39 is 6.04 Å². The number of amides is 2. The zero-order chi connectivity index (χ0) is 20.9. The lowest BCUT2D eigenvalue weighted by molar-refractivity contribution is -0.134. The zero-order valence-electron chi connectivity index (χ0n) is 16.8. The van der Waals surface area contributed by atoms with Gasteiger partial charge in [-0.25, -0.2) is 0 Å². The molecule has 0 aliphatic carbocycles. The average molecular weight is 425 g/mol. The molecule has 3 aromatic rings. The minimum absolute atomic E-state index is 0.0519. The first-order valence-corrected chi connectivity index (χ1v) is 11.0. The molecule has 8 heteroatoms. The zero-order valence-corrected chi connectivity index (χ0v) is 17.6. The van der Waals surface area contributed by atoms with E-state index in [4.69, 9.17) is 4.52 Å². The topological polar surface area (TPSA) is 88.3 Å². The van der Waals surface area contributed by atoms with E-state index in [1.807, 2.05) is 46.7 Å². The molecule has 1 aliphatic rings. The van der Waals surface area contributed by atoms with E-state index in [1.54, 1.807) is 13.0 Å². The molecule has 1 aromatic carbocycles. The first-order valence-electron chi connectivity index (χ1n) is 10.1. The number of carbonyl (C=O) groups excluding carboxylic acids is 2. The Kier molecular flexibility index (Phi) is 6.23. The van der Waals surface area contributed by atoms with Crippen molar-refractivity contribution < 1.29 is 14.1 Å². The first kappa shape index (κ1) is 20.3. The molecular weight excluding hydrogens is 400 g/mol. The van der Waals surface area contributed by atoms with Gasteiger partial charge in [0.05, 0.1) is 4.88 Å². The lowest BCUT2D eigenvalue weighted by Crippen LogP contribution is -2.51. The summed E-state index contributed by atoms with van der Waals surface area (Å²) in [6, 6.07) is 12.8. The minimum atomic E-state index is -0.607. The maximum absolute atomic E-state index is 13.3. The summed E-state index contributed by atoms with van der Waals surface area (Å²) in [4.78, 5) is 32.7. The fraction of sp³-hybridized carbons (Fsp3) is 0.364. The van der Waals surface area contributed by atoms with Crippen LogP contribution in [0.25, 0.3) is 0 Å². The van der Waals surface area contributed by atoms with Crippen LogP contribution in [-0.2, 0) is 11.2 Å². The summed E-state index contributed by atoms with van der Waals surface area (Å²) in [5, 5.41) is 8.67. The number of aromatic nitrogens is 2. The highest BCUT2D eigenvalue weighted by atomic mass is 32.1. The van der Waals surface area contributed by atoms with Crippen LogP contribution in [0.1, 0.15) is 45.7 Å². The van der Waals surface area contributed by atoms with Crippen LogP contribution >= 0.6 is 11.3 Å². The van der Waals surface area contributed by atoms with Crippen molar-refractivity contribution in [1.82, 2.24) is 20.4 Å². The molecule has 1 aliphatic heterocycles. The number of rotatable bonds is 6. The van der Waals surface area contributed by atoms with Crippen LogP contribution in [0, 0.1) is 6.92 Å². The lowest BCUT2D eigenvalue weighted by Gasteiger charge is -2.33. The third-order valence-corrected chi connectivity index (χ3v) is 6.20. The predicted octanol–water partition coefficient (Wildman–Crippen LogP) is 3.19. The Morgan fingerprint density at radius 2 is 1.97 bits per heavy atom. The Hall–Kier alpha value is -3.00. The standard InChI is InChI=1S/C22H24N4O3S/c1-15-23-21(29-25-15)17-9-11-26(12-10-17)22(28)18(14-16-6-3-2-4-7-16)24-20(27)19-8-5-13-30-19/h2-8,13,17-18H,9-12,14H2,1H3,(H,24,27). The Labute approximate surface area is 179 Å².